The summed E-state index contributed by atoms with van der Waals surface area (Å²) in [5, 5.41) is 0. The summed E-state index contributed by atoms with van der Waals surface area (Å²) in [6.45, 7) is 7.07. The van der Waals surface area contributed by atoms with Crippen LogP contribution in [0.2, 0.25) is 0 Å². The smallest absolute Gasteiger partial charge is 0.0307 e. The van der Waals surface area contributed by atoms with Gasteiger partial charge in [0.1, 0.15) is 0 Å². The molecular formula is C32H38. The van der Waals surface area contributed by atoms with E-state index in [1.807, 2.05) is 0 Å². The molecule has 32 heavy (non-hydrogen) atoms. The Kier molecular flexibility index (Phi) is 6.22. The minimum atomic E-state index is 0.444. The molecule has 0 bridgehead atoms. The maximum absolute atomic E-state index is 2.42. The molecule has 0 saturated heterocycles. The quantitative estimate of drug-likeness (QED) is 0.444. The van der Waals surface area contributed by atoms with E-state index in [-0.39, 0.29) is 0 Å². The summed E-state index contributed by atoms with van der Waals surface area (Å²) >= 11 is 0. The van der Waals surface area contributed by atoms with Crippen LogP contribution in [-0.4, -0.2) is 0 Å². The molecule has 1 atom stereocenters. The van der Waals surface area contributed by atoms with Crippen molar-refractivity contribution < 1.29 is 0 Å². The second kappa shape index (κ2) is 9.26. The summed E-state index contributed by atoms with van der Waals surface area (Å²) in [5.74, 6) is 2.99. The summed E-state index contributed by atoms with van der Waals surface area (Å²) < 4.78 is 0. The van der Waals surface area contributed by atoms with E-state index in [1.54, 1.807) is 5.56 Å². The van der Waals surface area contributed by atoms with E-state index in [9.17, 15) is 0 Å². The number of hydrogen-bond acceptors (Lipinski definition) is 0. The zero-order valence-corrected chi connectivity index (χ0v) is 20.1. The first-order valence-corrected chi connectivity index (χ1v) is 12.9. The van der Waals surface area contributed by atoms with Gasteiger partial charge >= 0.3 is 0 Å². The predicted octanol–water partition coefficient (Wildman–Crippen LogP) is 8.80. The van der Waals surface area contributed by atoms with Gasteiger partial charge in [-0.25, -0.2) is 0 Å². The van der Waals surface area contributed by atoms with E-state index in [0.29, 0.717) is 5.92 Å². The molecule has 166 valence electrons. The van der Waals surface area contributed by atoms with Crippen LogP contribution in [0.1, 0.15) is 76.3 Å². The van der Waals surface area contributed by atoms with Gasteiger partial charge in [-0.15, -0.1) is 0 Å². The first kappa shape index (κ1) is 21.5. The van der Waals surface area contributed by atoms with Crippen molar-refractivity contribution in [3.05, 3.63) is 106 Å². The van der Waals surface area contributed by atoms with E-state index < -0.39 is 0 Å². The van der Waals surface area contributed by atoms with E-state index >= 15 is 0 Å². The number of hydrogen-bond donors (Lipinski definition) is 0. The fourth-order valence-electron chi connectivity index (χ4n) is 6.25. The van der Waals surface area contributed by atoms with Crippen molar-refractivity contribution >= 4 is 0 Å². The molecule has 0 amide bonds. The molecule has 0 spiro atoms. The molecule has 0 N–H and O–H groups in total. The van der Waals surface area contributed by atoms with Gasteiger partial charge in [0.05, 0.1) is 0 Å². The van der Waals surface area contributed by atoms with Gasteiger partial charge in [-0.1, -0.05) is 86.2 Å². The van der Waals surface area contributed by atoms with Gasteiger partial charge < -0.3 is 0 Å². The summed E-state index contributed by atoms with van der Waals surface area (Å²) in [4.78, 5) is 0. The second-order valence-corrected chi connectivity index (χ2v) is 10.7. The summed E-state index contributed by atoms with van der Waals surface area (Å²) in [6.07, 6.45) is 25.4. The lowest BCUT2D eigenvalue weighted by Gasteiger charge is -2.31. The van der Waals surface area contributed by atoms with Crippen molar-refractivity contribution in [3.8, 4) is 0 Å². The van der Waals surface area contributed by atoms with Gasteiger partial charge in [-0.05, 0) is 103 Å². The fraction of sp³-hybridized carbons (Fsp3) is 0.438. The lowest BCUT2D eigenvalue weighted by atomic mass is 9.74. The molecule has 0 radical (unpaired) electrons. The van der Waals surface area contributed by atoms with Crippen molar-refractivity contribution in [1.29, 1.82) is 0 Å². The molecule has 5 rings (SSSR count). The molecule has 0 heterocycles. The first-order chi connectivity index (χ1) is 15.6. The molecule has 1 saturated carbocycles. The Bertz CT molecular complexity index is 1020. The van der Waals surface area contributed by atoms with Crippen LogP contribution >= 0.6 is 0 Å². The number of rotatable bonds is 5. The van der Waals surface area contributed by atoms with Gasteiger partial charge in [0.25, 0.3) is 0 Å². The zero-order valence-electron chi connectivity index (χ0n) is 20.1. The molecule has 1 aromatic rings. The Hall–Kier alpha value is -2.34. The van der Waals surface area contributed by atoms with Gasteiger partial charge in [0.2, 0.25) is 0 Å². The molecule has 0 aliphatic heterocycles. The monoisotopic (exact) mass is 422 g/mol. The van der Waals surface area contributed by atoms with Crippen molar-refractivity contribution in [2.75, 3.05) is 0 Å². The van der Waals surface area contributed by atoms with Crippen LogP contribution in [0, 0.1) is 17.8 Å². The van der Waals surface area contributed by atoms with Crippen LogP contribution in [0.3, 0.4) is 0 Å². The van der Waals surface area contributed by atoms with Crippen LogP contribution in [0.25, 0.3) is 0 Å². The van der Waals surface area contributed by atoms with Crippen LogP contribution in [-0.2, 0) is 6.42 Å². The lowest BCUT2D eigenvalue weighted by molar-refractivity contribution is 0.259. The average Bonchev–Trinajstić information content (AvgIpc) is 3.22. The molecule has 0 aromatic heterocycles. The third-order valence-electron chi connectivity index (χ3n) is 8.33. The van der Waals surface area contributed by atoms with Gasteiger partial charge in [-0.3, -0.25) is 0 Å². The number of benzene rings is 1. The summed E-state index contributed by atoms with van der Waals surface area (Å²) in [7, 11) is 0. The maximum Gasteiger partial charge on any atom is 0.0307 e. The SMILES string of the molecule is CC1=CC=C2C(Cc3ccc(C4CCC(C(C)C)CC4)cc3)=CC=C(C3=CCCC=C3)C12. The summed E-state index contributed by atoms with van der Waals surface area (Å²) in [5.41, 5.74) is 10.4. The molecule has 1 aromatic carbocycles. The highest BCUT2D eigenvalue weighted by Crippen LogP contribution is 2.44. The standard InChI is InChI=1S/C32H38/c1-22(2)25-14-16-27(17-15-25)26-12-10-24(11-13-26)21-29-18-20-30(28-7-5-4-6-8-28)32-23(3)9-19-31(29)32/h5,7-13,18-20,22,25,27,32H,4,6,14-17,21H2,1-3H3. The molecule has 0 nitrogen and oxygen atoms in total. The maximum atomic E-state index is 2.42. The molecule has 4 aliphatic rings. The van der Waals surface area contributed by atoms with Crippen LogP contribution < -0.4 is 0 Å². The van der Waals surface area contributed by atoms with Crippen LogP contribution in [0.5, 0.6) is 0 Å². The van der Waals surface area contributed by atoms with Crippen molar-refractivity contribution in [1.82, 2.24) is 0 Å². The first-order valence-electron chi connectivity index (χ1n) is 12.9. The number of fused-ring (bicyclic) bond motifs is 1. The summed E-state index contributed by atoms with van der Waals surface area (Å²) in [6, 6.07) is 9.62. The van der Waals surface area contributed by atoms with E-state index in [4.69, 9.17) is 0 Å². The zero-order chi connectivity index (χ0) is 22.1. The normalized spacial score (nSPS) is 27.4. The van der Waals surface area contributed by atoms with Gasteiger partial charge in [0, 0.05) is 5.92 Å². The second-order valence-electron chi connectivity index (χ2n) is 10.7. The number of allylic oxidation sites excluding steroid dienone is 12. The molecule has 1 unspecified atom stereocenters. The third kappa shape index (κ3) is 4.29. The van der Waals surface area contributed by atoms with E-state index in [0.717, 1.165) is 24.2 Å². The topological polar surface area (TPSA) is 0 Å². The Balaban J connectivity index is 1.30. The molecule has 1 fully saturated rings. The van der Waals surface area contributed by atoms with Crippen molar-refractivity contribution in [3.63, 3.8) is 0 Å². The minimum absolute atomic E-state index is 0.444. The van der Waals surface area contributed by atoms with Crippen molar-refractivity contribution in [2.24, 2.45) is 17.8 Å². The molecule has 0 heteroatoms. The highest BCUT2D eigenvalue weighted by Gasteiger charge is 2.30. The largest absolute Gasteiger partial charge is 0.0836 e. The average molecular weight is 423 g/mol. The highest BCUT2D eigenvalue weighted by atomic mass is 14.3. The van der Waals surface area contributed by atoms with Crippen LogP contribution in [0.15, 0.2) is 94.7 Å². The minimum Gasteiger partial charge on any atom is -0.0836 e. The van der Waals surface area contributed by atoms with E-state index in [1.165, 1.54) is 72.0 Å². The Morgan fingerprint density at radius 2 is 1.59 bits per heavy atom. The fourth-order valence-corrected chi connectivity index (χ4v) is 6.25. The lowest BCUT2D eigenvalue weighted by Crippen LogP contribution is -2.17. The van der Waals surface area contributed by atoms with Crippen LogP contribution in [0.4, 0.5) is 0 Å². The molecular weight excluding hydrogens is 384 g/mol. The Labute approximate surface area is 195 Å². The third-order valence-corrected chi connectivity index (χ3v) is 8.33. The Morgan fingerprint density at radius 3 is 2.28 bits per heavy atom. The molecule has 4 aliphatic carbocycles. The Morgan fingerprint density at radius 1 is 0.844 bits per heavy atom. The van der Waals surface area contributed by atoms with E-state index in [2.05, 4.69) is 87.6 Å². The van der Waals surface area contributed by atoms with Gasteiger partial charge in [-0.2, -0.15) is 0 Å². The highest BCUT2D eigenvalue weighted by molar-refractivity contribution is 5.62. The predicted molar refractivity (Wildman–Crippen MR) is 138 cm³/mol. The van der Waals surface area contributed by atoms with Gasteiger partial charge in [0.15, 0.2) is 0 Å². The van der Waals surface area contributed by atoms with Crippen molar-refractivity contribution in [2.45, 2.75) is 71.6 Å².